The van der Waals surface area contributed by atoms with Gasteiger partial charge in [-0.3, -0.25) is 0 Å². The van der Waals surface area contributed by atoms with Gasteiger partial charge in [0.05, 0.1) is 0 Å². The van der Waals surface area contributed by atoms with Gasteiger partial charge in [-0.15, -0.1) is 11.3 Å². The van der Waals surface area contributed by atoms with Crippen LogP contribution in [0.2, 0.25) is 0 Å². The first kappa shape index (κ1) is 15.7. The fourth-order valence-electron chi connectivity index (χ4n) is 2.40. The molecule has 1 heterocycles. The van der Waals surface area contributed by atoms with E-state index in [4.69, 9.17) is 0 Å². The van der Waals surface area contributed by atoms with Crippen LogP contribution in [0.3, 0.4) is 0 Å². The second-order valence-electron chi connectivity index (χ2n) is 5.63. The van der Waals surface area contributed by atoms with Gasteiger partial charge in [0.15, 0.2) is 0 Å². The summed E-state index contributed by atoms with van der Waals surface area (Å²) >= 11 is 2.00. The van der Waals surface area contributed by atoms with Crippen molar-refractivity contribution < 1.29 is 0 Å². The van der Waals surface area contributed by atoms with Crippen LogP contribution in [0, 0.1) is 11.8 Å². The van der Waals surface area contributed by atoms with E-state index in [2.05, 4.69) is 45.1 Å². The van der Waals surface area contributed by atoms with Gasteiger partial charge >= 0.3 is 0 Å². The highest BCUT2D eigenvalue weighted by molar-refractivity contribution is 7.11. The molecule has 0 spiro atoms. The average Bonchev–Trinajstić information content (AvgIpc) is 2.76. The Kier molecular flexibility index (Phi) is 7.60. The maximum atomic E-state index is 3.59. The zero-order valence-corrected chi connectivity index (χ0v) is 13.3. The molecule has 0 saturated heterocycles. The summed E-state index contributed by atoms with van der Waals surface area (Å²) in [5.74, 6) is 1.59. The van der Waals surface area contributed by atoms with E-state index in [-0.39, 0.29) is 0 Å². The minimum atomic E-state index is 0.792. The Labute approximate surface area is 117 Å². The van der Waals surface area contributed by atoms with Crippen LogP contribution in [0.5, 0.6) is 0 Å². The van der Waals surface area contributed by atoms with Crippen LogP contribution >= 0.6 is 11.3 Å². The lowest BCUT2D eigenvalue weighted by Gasteiger charge is -2.19. The zero-order valence-electron chi connectivity index (χ0n) is 12.5. The van der Waals surface area contributed by atoms with Crippen LogP contribution in [0.25, 0.3) is 0 Å². The van der Waals surface area contributed by atoms with Crippen LogP contribution in [0.1, 0.15) is 50.3 Å². The fraction of sp³-hybridized carbons (Fsp3) is 0.750. The van der Waals surface area contributed by atoms with Crippen molar-refractivity contribution in [1.82, 2.24) is 5.32 Å². The number of thiophene rings is 1. The maximum absolute atomic E-state index is 3.59. The number of hydrogen-bond acceptors (Lipinski definition) is 2. The Morgan fingerprint density at radius 1 is 1.17 bits per heavy atom. The highest BCUT2D eigenvalue weighted by atomic mass is 32.1. The molecule has 1 N–H and O–H groups in total. The van der Waals surface area contributed by atoms with Gasteiger partial charge in [-0.2, -0.15) is 0 Å². The molecule has 0 saturated carbocycles. The van der Waals surface area contributed by atoms with Crippen molar-refractivity contribution >= 4 is 11.3 Å². The Morgan fingerprint density at radius 3 is 2.44 bits per heavy atom. The number of hydrogen-bond donors (Lipinski definition) is 1. The largest absolute Gasteiger partial charge is 0.316 e. The van der Waals surface area contributed by atoms with Crippen molar-refractivity contribution in [2.45, 2.75) is 53.4 Å². The van der Waals surface area contributed by atoms with E-state index in [1.165, 1.54) is 37.1 Å². The molecule has 0 bridgehead atoms. The quantitative estimate of drug-likeness (QED) is 0.649. The second-order valence-corrected chi connectivity index (χ2v) is 6.88. The van der Waals surface area contributed by atoms with E-state index in [9.17, 15) is 0 Å². The average molecular weight is 267 g/mol. The van der Waals surface area contributed by atoms with Crippen LogP contribution < -0.4 is 5.32 Å². The normalized spacial score (nSPS) is 13.2. The van der Waals surface area contributed by atoms with Crippen LogP contribution in [-0.4, -0.2) is 13.1 Å². The summed E-state index contributed by atoms with van der Waals surface area (Å²) in [6, 6.07) is 4.63. The summed E-state index contributed by atoms with van der Waals surface area (Å²) in [5, 5.41) is 3.59. The maximum Gasteiger partial charge on any atom is 0.00514 e. The molecule has 0 aliphatic rings. The van der Waals surface area contributed by atoms with Crippen molar-refractivity contribution in [2.24, 2.45) is 11.8 Å². The fourth-order valence-corrected chi connectivity index (χ4v) is 3.47. The van der Waals surface area contributed by atoms with Crippen molar-refractivity contribution in [3.63, 3.8) is 0 Å². The van der Waals surface area contributed by atoms with Crippen LogP contribution in [-0.2, 0) is 12.8 Å². The third-order valence-corrected chi connectivity index (χ3v) is 4.47. The summed E-state index contributed by atoms with van der Waals surface area (Å²) in [5.41, 5.74) is 0. The molecule has 0 radical (unpaired) electrons. The molecule has 1 nitrogen and oxygen atoms in total. The first-order valence-corrected chi connectivity index (χ1v) is 8.25. The third-order valence-electron chi connectivity index (χ3n) is 3.22. The van der Waals surface area contributed by atoms with Gasteiger partial charge in [0.1, 0.15) is 0 Å². The predicted molar refractivity (Wildman–Crippen MR) is 83.5 cm³/mol. The molecular formula is C16H29NS. The lowest BCUT2D eigenvalue weighted by molar-refractivity contribution is 0.387. The molecule has 0 aliphatic heterocycles. The number of aryl methyl sites for hydroxylation is 1. The van der Waals surface area contributed by atoms with Gasteiger partial charge in [-0.05, 0) is 62.7 Å². The summed E-state index contributed by atoms with van der Waals surface area (Å²) in [6.07, 6.45) is 4.98. The standard InChI is InChI=1S/C16H29NS/c1-5-9-17-12-14(10-13(3)4)11-16-8-7-15(6-2)18-16/h7-8,13-14,17H,5-6,9-12H2,1-4H3. The molecule has 2 heteroatoms. The van der Waals surface area contributed by atoms with E-state index >= 15 is 0 Å². The SMILES string of the molecule is CCCNCC(Cc1ccc(CC)s1)CC(C)C. The second kappa shape index (κ2) is 8.71. The van der Waals surface area contributed by atoms with Crippen molar-refractivity contribution in [2.75, 3.05) is 13.1 Å². The molecule has 1 unspecified atom stereocenters. The summed E-state index contributed by atoms with van der Waals surface area (Å²) in [4.78, 5) is 3.09. The van der Waals surface area contributed by atoms with Gasteiger partial charge in [0, 0.05) is 9.75 Å². The molecule has 0 aliphatic carbocycles. The Morgan fingerprint density at radius 2 is 1.89 bits per heavy atom. The molecular weight excluding hydrogens is 238 g/mol. The summed E-state index contributed by atoms with van der Waals surface area (Å²) in [6.45, 7) is 11.5. The van der Waals surface area contributed by atoms with Gasteiger partial charge in [-0.25, -0.2) is 0 Å². The monoisotopic (exact) mass is 267 g/mol. The lowest BCUT2D eigenvalue weighted by Crippen LogP contribution is -2.25. The Bertz CT molecular complexity index is 317. The zero-order chi connectivity index (χ0) is 13.4. The van der Waals surface area contributed by atoms with E-state index < -0.39 is 0 Å². The summed E-state index contributed by atoms with van der Waals surface area (Å²) in [7, 11) is 0. The molecule has 1 atom stereocenters. The Hall–Kier alpha value is -0.340. The van der Waals surface area contributed by atoms with E-state index in [0.717, 1.165) is 18.4 Å². The first-order valence-electron chi connectivity index (χ1n) is 7.44. The highest BCUT2D eigenvalue weighted by Crippen LogP contribution is 2.23. The highest BCUT2D eigenvalue weighted by Gasteiger charge is 2.12. The van der Waals surface area contributed by atoms with Gasteiger partial charge in [-0.1, -0.05) is 27.7 Å². The number of nitrogens with one attached hydrogen (secondary N) is 1. The molecule has 0 amide bonds. The van der Waals surface area contributed by atoms with Crippen LogP contribution in [0.15, 0.2) is 12.1 Å². The van der Waals surface area contributed by atoms with E-state index in [1.54, 1.807) is 4.88 Å². The molecule has 0 aromatic carbocycles. The molecule has 18 heavy (non-hydrogen) atoms. The Balaban J connectivity index is 2.48. The minimum Gasteiger partial charge on any atom is -0.316 e. The minimum absolute atomic E-state index is 0.792. The molecule has 104 valence electrons. The van der Waals surface area contributed by atoms with Gasteiger partial charge in [0.25, 0.3) is 0 Å². The predicted octanol–water partition coefficient (Wildman–Crippen LogP) is 4.51. The van der Waals surface area contributed by atoms with Crippen molar-refractivity contribution in [3.05, 3.63) is 21.9 Å². The summed E-state index contributed by atoms with van der Waals surface area (Å²) < 4.78 is 0. The van der Waals surface area contributed by atoms with Crippen molar-refractivity contribution in [1.29, 1.82) is 0 Å². The van der Waals surface area contributed by atoms with Crippen LogP contribution in [0.4, 0.5) is 0 Å². The molecule has 0 fully saturated rings. The first-order chi connectivity index (χ1) is 8.65. The van der Waals surface area contributed by atoms with E-state index in [1.807, 2.05) is 11.3 Å². The molecule has 1 aromatic heterocycles. The van der Waals surface area contributed by atoms with Gasteiger partial charge < -0.3 is 5.32 Å². The topological polar surface area (TPSA) is 12.0 Å². The molecule has 1 aromatic rings. The molecule has 1 rings (SSSR count). The smallest absolute Gasteiger partial charge is 0.00514 e. The van der Waals surface area contributed by atoms with Gasteiger partial charge in [0.2, 0.25) is 0 Å². The van der Waals surface area contributed by atoms with Crippen molar-refractivity contribution in [3.8, 4) is 0 Å². The third kappa shape index (κ3) is 6.01. The lowest BCUT2D eigenvalue weighted by atomic mass is 9.93. The number of rotatable bonds is 9. The van der Waals surface area contributed by atoms with E-state index in [0.29, 0.717) is 0 Å².